The Morgan fingerprint density at radius 1 is 1.43 bits per heavy atom. The lowest BCUT2D eigenvalue weighted by Crippen LogP contribution is -2.31. The van der Waals surface area contributed by atoms with Crippen molar-refractivity contribution in [3.8, 4) is 11.8 Å². The van der Waals surface area contributed by atoms with Crippen LogP contribution in [-0.2, 0) is 4.79 Å². The minimum atomic E-state index is -0.563. The molecule has 1 aliphatic rings. The molecular weight excluding hydrogens is 273 g/mol. The molecule has 5 nitrogen and oxygen atoms in total. The third-order valence-electron chi connectivity index (χ3n) is 3.42. The molecule has 0 radical (unpaired) electrons. The van der Waals surface area contributed by atoms with Crippen LogP contribution in [0.4, 0.5) is 4.39 Å². The fraction of sp³-hybridized carbons (Fsp3) is 0.333. The van der Waals surface area contributed by atoms with Crippen LogP contribution in [-0.4, -0.2) is 36.3 Å². The van der Waals surface area contributed by atoms with Gasteiger partial charge in [0.1, 0.15) is 5.82 Å². The molecule has 1 atom stereocenters. The van der Waals surface area contributed by atoms with Gasteiger partial charge in [-0.3, -0.25) is 9.59 Å². The molecule has 1 heterocycles. The highest BCUT2D eigenvalue weighted by Gasteiger charge is 2.30. The number of likely N-dealkylation sites (tertiary alicyclic amines) is 1. The van der Waals surface area contributed by atoms with Gasteiger partial charge < -0.3 is 16.4 Å². The van der Waals surface area contributed by atoms with Crippen LogP contribution in [0.3, 0.4) is 0 Å². The van der Waals surface area contributed by atoms with Gasteiger partial charge in [-0.25, -0.2) is 4.39 Å². The van der Waals surface area contributed by atoms with Gasteiger partial charge in [0.05, 0.1) is 18.0 Å². The number of hydrogen-bond donors (Lipinski definition) is 2. The summed E-state index contributed by atoms with van der Waals surface area (Å²) in [5, 5.41) is 0. The van der Waals surface area contributed by atoms with E-state index < -0.39 is 11.7 Å². The van der Waals surface area contributed by atoms with Crippen molar-refractivity contribution in [2.45, 2.75) is 6.42 Å². The molecule has 110 valence electrons. The second-order valence-corrected chi connectivity index (χ2v) is 4.84. The summed E-state index contributed by atoms with van der Waals surface area (Å²) in [5.41, 5.74) is 10.9. The fourth-order valence-corrected chi connectivity index (χ4v) is 2.26. The van der Waals surface area contributed by atoms with Gasteiger partial charge in [-0.05, 0) is 24.6 Å². The maximum atomic E-state index is 13.8. The van der Waals surface area contributed by atoms with E-state index in [1.54, 1.807) is 0 Å². The van der Waals surface area contributed by atoms with Crippen LogP contribution in [0, 0.1) is 23.6 Å². The van der Waals surface area contributed by atoms with Crippen molar-refractivity contribution in [1.82, 2.24) is 4.90 Å². The number of hydrogen-bond acceptors (Lipinski definition) is 3. The van der Waals surface area contributed by atoms with Gasteiger partial charge in [-0.15, -0.1) is 0 Å². The van der Waals surface area contributed by atoms with E-state index in [1.807, 2.05) is 0 Å². The quantitative estimate of drug-likeness (QED) is 0.756. The first-order valence-corrected chi connectivity index (χ1v) is 6.60. The summed E-state index contributed by atoms with van der Waals surface area (Å²) < 4.78 is 13.8. The second-order valence-electron chi connectivity index (χ2n) is 4.84. The summed E-state index contributed by atoms with van der Waals surface area (Å²) in [6.45, 7) is 0.871. The largest absolute Gasteiger partial charge is 0.369 e. The van der Waals surface area contributed by atoms with Crippen molar-refractivity contribution in [3.05, 3.63) is 35.1 Å². The maximum absolute atomic E-state index is 13.8. The minimum Gasteiger partial charge on any atom is -0.369 e. The summed E-state index contributed by atoms with van der Waals surface area (Å²) in [7, 11) is 0. The van der Waals surface area contributed by atoms with Gasteiger partial charge in [0, 0.05) is 18.7 Å². The van der Waals surface area contributed by atoms with Crippen LogP contribution in [0.5, 0.6) is 0 Å². The molecule has 4 N–H and O–H groups in total. The minimum absolute atomic E-state index is 0.141. The molecule has 21 heavy (non-hydrogen) atoms. The van der Waals surface area contributed by atoms with E-state index in [-0.39, 0.29) is 36.0 Å². The molecule has 1 fully saturated rings. The Morgan fingerprint density at radius 3 is 2.76 bits per heavy atom. The van der Waals surface area contributed by atoms with Crippen LogP contribution < -0.4 is 11.5 Å². The third kappa shape index (κ3) is 3.38. The first-order chi connectivity index (χ1) is 10.0. The first kappa shape index (κ1) is 15.0. The van der Waals surface area contributed by atoms with E-state index in [2.05, 4.69) is 11.8 Å². The van der Waals surface area contributed by atoms with E-state index in [9.17, 15) is 14.0 Å². The number of benzene rings is 1. The molecule has 0 bridgehead atoms. The molecule has 2 rings (SSSR count). The third-order valence-corrected chi connectivity index (χ3v) is 3.42. The van der Waals surface area contributed by atoms with Crippen molar-refractivity contribution in [2.75, 3.05) is 19.6 Å². The SMILES string of the molecule is NCC#Cc1ccc(C(=O)N2CCC(C(N)=O)C2)cc1F. The Kier molecular flexibility index (Phi) is 4.55. The van der Waals surface area contributed by atoms with Crippen molar-refractivity contribution in [3.63, 3.8) is 0 Å². The molecule has 0 aliphatic carbocycles. The predicted molar refractivity (Wildman–Crippen MR) is 75.5 cm³/mol. The normalized spacial score (nSPS) is 17.2. The standard InChI is InChI=1S/C15H16FN3O2/c16-13-8-11(4-3-10(13)2-1-6-17)15(21)19-7-5-12(9-19)14(18)20/h3-4,8,12H,5-7,9,17H2,(H2,18,20). The summed E-state index contributed by atoms with van der Waals surface area (Å²) in [6.07, 6.45) is 0.545. The maximum Gasteiger partial charge on any atom is 0.253 e. The van der Waals surface area contributed by atoms with Crippen molar-refractivity contribution in [2.24, 2.45) is 17.4 Å². The zero-order valence-corrected chi connectivity index (χ0v) is 11.4. The lowest BCUT2D eigenvalue weighted by atomic mass is 10.1. The number of nitrogens with zero attached hydrogens (tertiary/aromatic N) is 1. The number of nitrogens with two attached hydrogens (primary N) is 2. The number of halogens is 1. The molecule has 2 amide bonds. The summed E-state index contributed by atoms with van der Waals surface area (Å²) in [4.78, 5) is 24.9. The Balaban J connectivity index is 2.14. The lowest BCUT2D eigenvalue weighted by molar-refractivity contribution is -0.121. The van der Waals surface area contributed by atoms with Gasteiger partial charge in [0.25, 0.3) is 5.91 Å². The molecule has 1 aliphatic heterocycles. The summed E-state index contributed by atoms with van der Waals surface area (Å²) >= 11 is 0. The van der Waals surface area contributed by atoms with Gasteiger partial charge in [-0.2, -0.15) is 0 Å². The number of rotatable bonds is 2. The molecule has 0 spiro atoms. The van der Waals surface area contributed by atoms with Crippen LogP contribution in [0.1, 0.15) is 22.3 Å². The van der Waals surface area contributed by atoms with Gasteiger partial charge in [0.2, 0.25) is 5.91 Å². The van der Waals surface area contributed by atoms with Gasteiger partial charge >= 0.3 is 0 Å². The Bertz CT molecular complexity index is 634. The average molecular weight is 289 g/mol. The zero-order chi connectivity index (χ0) is 15.4. The fourth-order valence-electron chi connectivity index (χ4n) is 2.26. The van der Waals surface area contributed by atoms with E-state index in [1.165, 1.54) is 17.0 Å². The molecule has 1 saturated heterocycles. The van der Waals surface area contributed by atoms with Crippen LogP contribution in [0.25, 0.3) is 0 Å². The topological polar surface area (TPSA) is 89.4 Å². The van der Waals surface area contributed by atoms with Crippen molar-refractivity contribution in [1.29, 1.82) is 0 Å². The molecule has 6 heteroatoms. The molecule has 1 aromatic carbocycles. The van der Waals surface area contributed by atoms with Crippen LogP contribution in [0.15, 0.2) is 18.2 Å². The van der Waals surface area contributed by atoms with E-state index in [4.69, 9.17) is 11.5 Å². The summed E-state index contributed by atoms with van der Waals surface area (Å²) in [6, 6.07) is 4.12. The summed E-state index contributed by atoms with van der Waals surface area (Å²) in [5.74, 6) is 3.54. The first-order valence-electron chi connectivity index (χ1n) is 6.60. The molecular formula is C15H16FN3O2. The smallest absolute Gasteiger partial charge is 0.253 e. The van der Waals surface area contributed by atoms with Crippen LogP contribution in [0.2, 0.25) is 0 Å². The van der Waals surface area contributed by atoms with Gasteiger partial charge in [-0.1, -0.05) is 11.8 Å². The molecule has 1 aromatic rings. The van der Waals surface area contributed by atoms with E-state index in [0.717, 1.165) is 6.07 Å². The molecule has 0 saturated carbocycles. The highest BCUT2D eigenvalue weighted by molar-refractivity contribution is 5.95. The second kappa shape index (κ2) is 6.37. The molecule has 1 unspecified atom stereocenters. The average Bonchev–Trinajstić information content (AvgIpc) is 2.95. The van der Waals surface area contributed by atoms with Gasteiger partial charge in [0.15, 0.2) is 0 Å². The lowest BCUT2D eigenvalue weighted by Gasteiger charge is -2.16. The Hall–Kier alpha value is -2.39. The number of carbonyl (C=O) groups excluding carboxylic acids is 2. The highest BCUT2D eigenvalue weighted by Crippen LogP contribution is 2.19. The van der Waals surface area contributed by atoms with Crippen molar-refractivity contribution < 1.29 is 14.0 Å². The Labute approximate surface area is 122 Å². The van der Waals surface area contributed by atoms with Crippen LogP contribution >= 0.6 is 0 Å². The number of amides is 2. The monoisotopic (exact) mass is 289 g/mol. The van der Waals surface area contributed by atoms with E-state index >= 15 is 0 Å². The zero-order valence-electron chi connectivity index (χ0n) is 11.4. The predicted octanol–water partition coefficient (Wildman–Crippen LogP) is 0.0833. The van der Waals surface area contributed by atoms with Crippen molar-refractivity contribution >= 4 is 11.8 Å². The number of primary amides is 1. The Morgan fingerprint density at radius 2 is 2.19 bits per heavy atom. The highest BCUT2D eigenvalue weighted by atomic mass is 19.1. The molecule has 0 aromatic heterocycles. The number of carbonyl (C=O) groups is 2. The van der Waals surface area contributed by atoms with E-state index in [0.29, 0.717) is 13.0 Å².